The van der Waals surface area contributed by atoms with Crippen molar-refractivity contribution in [2.24, 2.45) is 11.8 Å². The quantitative estimate of drug-likeness (QED) is 0.675. The summed E-state index contributed by atoms with van der Waals surface area (Å²) in [5.74, 6) is 1.42. The molecule has 1 amide bonds. The van der Waals surface area contributed by atoms with Crippen LogP contribution in [0.25, 0.3) is 0 Å². The average molecular weight is 269 g/mol. The molecule has 3 heteroatoms. The second-order valence-electron chi connectivity index (χ2n) is 6.01. The molecule has 0 radical (unpaired) electrons. The van der Waals surface area contributed by atoms with E-state index in [4.69, 9.17) is 5.11 Å². The van der Waals surface area contributed by atoms with Gasteiger partial charge in [-0.1, -0.05) is 45.4 Å². The van der Waals surface area contributed by atoms with Crippen LogP contribution >= 0.6 is 0 Å². The highest BCUT2D eigenvalue weighted by Crippen LogP contribution is 2.27. The molecule has 0 bridgehead atoms. The van der Waals surface area contributed by atoms with Crippen LogP contribution in [0.4, 0.5) is 0 Å². The summed E-state index contributed by atoms with van der Waals surface area (Å²) in [5, 5.41) is 12.0. The molecule has 3 nitrogen and oxygen atoms in total. The fourth-order valence-corrected chi connectivity index (χ4v) is 3.10. The first-order chi connectivity index (χ1) is 9.26. The highest BCUT2D eigenvalue weighted by molar-refractivity contribution is 5.75. The van der Waals surface area contributed by atoms with E-state index in [1.165, 1.54) is 32.1 Å². The number of carbonyl (C=O) groups excluding carboxylic acids is 1. The summed E-state index contributed by atoms with van der Waals surface area (Å²) in [4.78, 5) is 11.8. The number of hydrogen-bond donors (Lipinski definition) is 2. The summed E-state index contributed by atoms with van der Waals surface area (Å²) < 4.78 is 0. The van der Waals surface area contributed by atoms with Crippen LogP contribution in [-0.2, 0) is 4.79 Å². The van der Waals surface area contributed by atoms with Crippen LogP contribution in [0.1, 0.15) is 71.1 Å². The lowest BCUT2D eigenvalue weighted by atomic mass is 9.86. The Kier molecular flexibility index (Phi) is 8.89. The Hall–Kier alpha value is -0.570. The molecule has 0 spiro atoms. The van der Waals surface area contributed by atoms with Crippen molar-refractivity contribution < 1.29 is 9.90 Å². The van der Waals surface area contributed by atoms with E-state index in [2.05, 4.69) is 12.2 Å². The SMILES string of the molecule is CCCC(CCO)CNC(=O)CCC1CCCCC1. The van der Waals surface area contributed by atoms with Crippen LogP contribution in [0.15, 0.2) is 0 Å². The largest absolute Gasteiger partial charge is 0.396 e. The van der Waals surface area contributed by atoms with Crippen LogP contribution < -0.4 is 5.32 Å². The monoisotopic (exact) mass is 269 g/mol. The predicted octanol–water partition coefficient (Wildman–Crippen LogP) is 3.26. The highest BCUT2D eigenvalue weighted by Gasteiger charge is 2.15. The molecule has 0 aromatic carbocycles. The Morgan fingerprint density at radius 2 is 2.00 bits per heavy atom. The van der Waals surface area contributed by atoms with E-state index in [1.807, 2.05) is 0 Å². The standard InChI is InChI=1S/C16H31NO2/c1-2-6-15(11-12-18)13-17-16(19)10-9-14-7-4-3-5-8-14/h14-15,18H,2-13H2,1H3,(H,17,19). The van der Waals surface area contributed by atoms with Gasteiger partial charge >= 0.3 is 0 Å². The third-order valence-electron chi connectivity index (χ3n) is 4.33. The Morgan fingerprint density at radius 3 is 2.63 bits per heavy atom. The summed E-state index contributed by atoms with van der Waals surface area (Å²) in [7, 11) is 0. The van der Waals surface area contributed by atoms with Gasteiger partial charge in [0.15, 0.2) is 0 Å². The molecule has 0 saturated heterocycles. The number of aliphatic hydroxyl groups is 1. The van der Waals surface area contributed by atoms with E-state index in [1.54, 1.807) is 0 Å². The van der Waals surface area contributed by atoms with Crippen molar-refractivity contribution in [1.82, 2.24) is 5.32 Å². The second kappa shape index (κ2) is 10.2. The molecule has 2 N–H and O–H groups in total. The third kappa shape index (κ3) is 7.56. The number of hydrogen-bond acceptors (Lipinski definition) is 2. The van der Waals surface area contributed by atoms with Crippen molar-refractivity contribution in [3.05, 3.63) is 0 Å². The number of carbonyl (C=O) groups is 1. The predicted molar refractivity (Wildman–Crippen MR) is 78.9 cm³/mol. The summed E-state index contributed by atoms with van der Waals surface area (Å²) in [6, 6.07) is 0. The average Bonchev–Trinajstić information content (AvgIpc) is 2.44. The first-order valence-electron chi connectivity index (χ1n) is 8.13. The zero-order valence-corrected chi connectivity index (χ0v) is 12.5. The maximum atomic E-state index is 11.8. The molecule has 1 atom stereocenters. The van der Waals surface area contributed by atoms with Gasteiger partial charge in [0, 0.05) is 19.6 Å². The Morgan fingerprint density at radius 1 is 1.26 bits per heavy atom. The van der Waals surface area contributed by atoms with Gasteiger partial charge in [0.2, 0.25) is 5.91 Å². The molecule has 0 aromatic heterocycles. The molecule has 0 aromatic rings. The topological polar surface area (TPSA) is 49.3 Å². The van der Waals surface area contributed by atoms with Crippen molar-refractivity contribution in [1.29, 1.82) is 0 Å². The van der Waals surface area contributed by atoms with Gasteiger partial charge in [-0.05, 0) is 31.1 Å². The Balaban J connectivity index is 2.11. The van der Waals surface area contributed by atoms with Gasteiger partial charge in [0.05, 0.1) is 0 Å². The lowest BCUT2D eigenvalue weighted by molar-refractivity contribution is -0.121. The number of nitrogens with one attached hydrogen (secondary N) is 1. The van der Waals surface area contributed by atoms with Gasteiger partial charge in [-0.2, -0.15) is 0 Å². The highest BCUT2D eigenvalue weighted by atomic mass is 16.3. The summed E-state index contributed by atoms with van der Waals surface area (Å²) in [6.45, 7) is 3.11. The van der Waals surface area contributed by atoms with Crippen LogP contribution in [0.5, 0.6) is 0 Å². The molecule has 1 aliphatic rings. The second-order valence-corrected chi connectivity index (χ2v) is 6.01. The van der Waals surface area contributed by atoms with E-state index in [9.17, 15) is 4.79 Å². The normalized spacial score (nSPS) is 18.2. The first-order valence-corrected chi connectivity index (χ1v) is 8.13. The molecule has 19 heavy (non-hydrogen) atoms. The van der Waals surface area contributed by atoms with Gasteiger partial charge in [-0.15, -0.1) is 0 Å². The molecule has 1 unspecified atom stereocenters. The minimum Gasteiger partial charge on any atom is -0.396 e. The van der Waals surface area contributed by atoms with E-state index < -0.39 is 0 Å². The van der Waals surface area contributed by atoms with E-state index in [-0.39, 0.29) is 12.5 Å². The van der Waals surface area contributed by atoms with Crippen LogP contribution in [0, 0.1) is 11.8 Å². The number of amides is 1. The molecular weight excluding hydrogens is 238 g/mol. The van der Waals surface area contributed by atoms with Gasteiger partial charge < -0.3 is 10.4 Å². The molecule has 1 rings (SSSR count). The van der Waals surface area contributed by atoms with Gasteiger partial charge in [0.25, 0.3) is 0 Å². The van der Waals surface area contributed by atoms with Crippen molar-refractivity contribution >= 4 is 5.91 Å². The molecule has 1 fully saturated rings. The fraction of sp³-hybridized carbons (Fsp3) is 0.938. The van der Waals surface area contributed by atoms with Crippen molar-refractivity contribution in [2.75, 3.05) is 13.2 Å². The van der Waals surface area contributed by atoms with E-state index >= 15 is 0 Å². The smallest absolute Gasteiger partial charge is 0.220 e. The van der Waals surface area contributed by atoms with Gasteiger partial charge in [0.1, 0.15) is 0 Å². The van der Waals surface area contributed by atoms with Gasteiger partial charge in [-0.3, -0.25) is 4.79 Å². The summed E-state index contributed by atoms with van der Waals surface area (Å²) in [6.07, 6.45) is 11.5. The van der Waals surface area contributed by atoms with Crippen LogP contribution in [0.2, 0.25) is 0 Å². The third-order valence-corrected chi connectivity index (χ3v) is 4.33. The first kappa shape index (κ1) is 16.5. The molecule has 112 valence electrons. The van der Waals surface area contributed by atoms with E-state index in [0.717, 1.165) is 38.1 Å². The minimum absolute atomic E-state index is 0.199. The maximum Gasteiger partial charge on any atom is 0.220 e. The van der Waals surface area contributed by atoms with Crippen molar-refractivity contribution in [3.8, 4) is 0 Å². The Labute approximate surface area is 118 Å². The Bertz CT molecular complexity index is 231. The lowest BCUT2D eigenvalue weighted by Crippen LogP contribution is -2.30. The number of rotatable bonds is 9. The van der Waals surface area contributed by atoms with Gasteiger partial charge in [-0.25, -0.2) is 0 Å². The minimum atomic E-state index is 0.199. The lowest BCUT2D eigenvalue weighted by Gasteiger charge is -2.21. The molecule has 0 heterocycles. The fourth-order valence-electron chi connectivity index (χ4n) is 3.10. The van der Waals surface area contributed by atoms with Crippen molar-refractivity contribution in [3.63, 3.8) is 0 Å². The van der Waals surface area contributed by atoms with Crippen molar-refractivity contribution in [2.45, 2.75) is 71.1 Å². The molecule has 1 aliphatic carbocycles. The van der Waals surface area contributed by atoms with Crippen LogP contribution in [-0.4, -0.2) is 24.2 Å². The maximum absolute atomic E-state index is 11.8. The summed E-state index contributed by atoms with van der Waals surface area (Å²) in [5.41, 5.74) is 0. The number of aliphatic hydroxyl groups excluding tert-OH is 1. The zero-order chi connectivity index (χ0) is 13.9. The molecule has 1 saturated carbocycles. The summed E-state index contributed by atoms with van der Waals surface area (Å²) >= 11 is 0. The van der Waals surface area contributed by atoms with E-state index in [0.29, 0.717) is 12.3 Å². The van der Waals surface area contributed by atoms with Crippen LogP contribution in [0.3, 0.4) is 0 Å². The molecular formula is C16H31NO2. The zero-order valence-electron chi connectivity index (χ0n) is 12.5. The molecule has 0 aliphatic heterocycles.